The Morgan fingerprint density at radius 3 is 2.67 bits per heavy atom. The minimum Gasteiger partial charge on any atom is -0.481 e. The Hall–Kier alpha value is -1.10. The molecule has 1 aliphatic rings. The summed E-state index contributed by atoms with van der Waals surface area (Å²) in [6.07, 6.45) is -0.931. The van der Waals surface area contributed by atoms with Crippen molar-refractivity contribution in [3.8, 4) is 0 Å². The van der Waals surface area contributed by atoms with E-state index in [0.717, 1.165) is 0 Å². The maximum absolute atomic E-state index is 11.0. The lowest BCUT2D eigenvalue weighted by molar-refractivity contribution is -0.801. The first kappa shape index (κ1) is 8.99. The summed E-state index contributed by atoms with van der Waals surface area (Å²) in [5, 5.41) is 8.43. The Morgan fingerprint density at radius 2 is 2.33 bits per heavy atom. The summed E-state index contributed by atoms with van der Waals surface area (Å²) in [4.78, 5) is 21.3. The van der Waals surface area contributed by atoms with Crippen LogP contribution in [0.15, 0.2) is 0 Å². The normalized spacial score (nSPS) is 26.8. The fourth-order valence-corrected chi connectivity index (χ4v) is 1.21. The lowest BCUT2D eigenvalue weighted by Gasteiger charge is -2.14. The summed E-state index contributed by atoms with van der Waals surface area (Å²) >= 11 is 0. The minimum absolute atomic E-state index is 0.104. The molecular weight excluding hydrogens is 162 g/mol. The van der Waals surface area contributed by atoms with Gasteiger partial charge in [-0.2, -0.15) is 4.79 Å². The second kappa shape index (κ2) is 2.75. The largest absolute Gasteiger partial charge is 0.516 e. The average Bonchev–Trinajstić information content (AvgIpc) is 2.04. The second-order valence-electron chi connectivity index (χ2n) is 3.47. The fraction of sp³-hybridized carbons (Fsp3) is 0.714. The minimum atomic E-state index is -0.935. The molecule has 1 atom stereocenters. The van der Waals surface area contributed by atoms with Gasteiger partial charge in [-0.1, -0.05) is 0 Å². The van der Waals surface area contributed by atoms with Crippen LogP contribution in [0, 0.1) is 0 Å². The molecular formula is C7H12NO4+. The van der Waals surface area contributed by atoms with Crippen molar-refractivity contribution in [1.82, 2.24) is 0 Å². The van der Waals surface area contributed by atoms with Gasteiger partial charge in [-0.3, -0.25) is 4.79 Å². The number of nitrogens with zero attached hydrogens (tertiary/aromatic N) is 1. The van der Waals surface area contributed by atoms with Crippen LogP contribution in [0.5, 0.6) is 0 Å². The van der Waals surface area contributed by atoms with E-state index in [4.69, 9.17) is 9.84 Å². The van der Waals surface area contributed by atoms with Crippen LogP contribution in [-0.2, 0) is 9.53 Å². The average molecular weight is 174 g/mol. The SMILES string of the molecule is C[N+]1(C)CC(CC(=O)O)OC1=O. The maximum Gasteiger partial charge on any atom is 0.516 e. The standard InChI is InChI=1S/C7H11NO4/c1-8(2)4-5(3-6(9)10)12-7(8)11/h5H,3-4H2,1-2H3/p+1. The second-order valence-corrected chi connectivity index (χ2v) is 3.47. The van der Waals surface area contributed by atoms with Crippen LogP contribution in [0.3, 0.4) is 0 Å². The molecule has 1 aliphatic heterocycles. The third-order valence-corrected chi connectivity index (χ3v) is 1.82. The summed E-state index contributed by atoms with van der Waals surface area (Å²) in [5.74, 6) is -0.935. The number of carbonyl (C=O) groups is 2. The number of quaternary nitrogens is 1. The number of amides is 1. The highest BCUT2D eigenvalue weighted by Gasteiger charge is 2.43. The van der Waals surface area contributed by atoms with E-state index in [-0.39, 0.29) is 17.0 Å². The molecule has 1 heterocycles. The van der Waals surface area contributed by atoms with E-state index in [1.54, 1.807) is 14.1 Å². The molecule has 68 valence electrons. The number of aliphatic carboxylic acids is 1. The molecule has 1 fully saturated rings. The van der Waals surface area contributed by atoms with Gasteiger partial charge in [0.1, 0.15) is 6.54 Å². The van der Waals surface area contributed by atoms with E-state index in [0.29, 0.717) is 6.54 Å². The summed E-state index contributed by atoms with van der Waals surface area (Å²) in [6, 6.07) is 0. The number of hydrogen-bond donors (Lipinski definition) is 1. The topological polar surface area (TPSA) is 63.6 Å². The molecule has 0 aromatic carbocycles. The van der Waals surface area contributed by atoms with E-state index < -0.39 is 12.1 Å². The molecule has 5 nitrogen and oxygen atoms in total. The van der Waals surface area contributed by atoms with Crippen LogP contribution in [0.2, 0.25) is 0 Å². The molecule has 0 aliphatic carbocycles. The van der Waals surface area contributed by atoms with Gasteiger partial charge in [-0.05, 0) is 0 Å². The fourth-order valence-electron chi connectivity index (χ4n) is 1.21. The van der Waals surface area contributed by atoms with Crippen molar-refractivity contribution < 1.29 is 23.9 Å². The third kappa shape index (κ3) is 1.73. The van der Waals surface area contributed by atoms with Gasteiger partial charge >= 0.3 is 12.1 Å². The van der Waals surface area contributed by atoms with E-state index in [2.05, 4.69) is 0 Å². The van der Waals surface area contributed by atoms with Crippen LogP contribution in [-0.4, -0.2) is 48.4 Å². The molecule has 1 rings (SSSR count). The molecule has 0 aromatic heterocycles. The number of ether oxygens (including phenoxy) is 1. The number of carbonyl (C=O) groups excluding carboxylic acids is 1. The molecule has 1 N–H and O–H groups in total. The summed E-state index contributed by atoms with van der Waals surface area (Å²) < 4.78 is 4.95. The van der Waals surface area contributed by atoms with Gasteiger partial charge in [0, 0.05) is 0 Å². The van der Waals surface area contributed by atoms with E-state index in [9.17, 15) is 9.59 Å². The van der Waals surface area contributed by atoms with Crippen molar-refractivity contribution in [2.75, 3.05) is 20.6 Å². The zero-order chi connectivity index (χ0) is 9.35. The van der Waals surface area contributed by atoms with Crippen molar-refractivity contribution >= 4 is 12.1 Å². The zero-order valence-corrected chi connectivity index (χ0v) is 7.11. The van der Waals surface area contributed by atoms with Crippen molar-refractivity contribution in [2.24, 2.45) is 0 Å². The smallest absolute Gasteiger partial charge is 0.481 e. The monoisotopic (exact) mass is 174 g/mol. The summed E-state index contributed by atoms with van der Waals surface area (Å²) in [7, 11) is 3.40. The Kier molecular flexibility index (Phi) is 2.06. The number of carboxylic acid groups (broad SMARTS) is 1. The van der Waals surface area contributed by atoms with Gasteiger partial charge in [0.05, 0.1) is 20.5 Å². The van der Waals surface area contributed by atoms with Crippen LogP contribution in [0.4, 0.5) is 4.79 Å². The number of carboxylic acids is 1. The Balaban J connectivity index is 2.55. The summed E-state index contributed by atoms with van der Waals surface area (Å²) in [6.45, 7) is 0.436. The van der Waals surface area contributed by atoms with Gasteiger partial charge in [0.15, 0.2) is 6.10 Å². The van der Waals surface area contributed by atoms with Crippen molar-refractivity contribution in [2.45, 2.75) is 12.5 Å². The lowest BCUT2D eigenvalue weighted by atomic mass is 10.2. The summed E-state index contributed by atoms with van der Waals surface area (Å²) in [5.41, 5.74) is 0. The molecule has 0 spiro atoms. The quantitative estimate of drug-likeness (QED) is 0.601. The van der Waals surface area contributed by atoms with E-state index in [1.807, 2.05) is 0 Å². The van der Waals surface area contributed by atoms with E-state index in [1.165, 1.54) is 0 Å². The van der Waals surface area contributed by atoms with Gasteiger partial charge in [0.2, 0.25) is 0 Å². The molecule has 0 saturated carbocycles. The highest BCUT2D eigenvalue weighted by atomic mass is 16.6. The molecule has 0 aromatic rings. The molecule has 5 heteroatoms. The predicted octanol–water partition coefficient (Wildman–Crippen LogP) is 0.0563. The molecule has 1 saturated heterocycles. The van der Waals surface area contributed by atoms with Gasteiger partial charge in [-0.15, -0.1) is 0 Å². The molecule has 0 radical (unpaired) electrons. The number of likely N-dealkylation sites (N-methyl/N-ethyl adjacent to an activating group) is 1. The number of hydrogen-bond acceptors (Lipinski definition) is 3. The zero-order valence-electron chi connectivity index (χ0n) is 7.11. The van der Waals surface area contributed by atoms with Gasteiger partial charge < -0.3 is 9.84 Å². The molecule has 1 amide bonds. The third-order valence-electron chi connectivity index (χ3n) is 1.82. The molecule has 1 unspecified atom stereocenters. The van der Waals surface area contributed by atoms with Crippen molar-refractivity contribution in [1.29, 1.82) is 0 Å². The van der Waals surface area contributed by atoms with Crippen molar-refractivity contribution in [3.05, 3.63) is 0 Å². The first-order chi connectivity index (χ1) is 5.42. The van der Waals surface area contributed by atoms with E-state index >= 15 is 0 Å². The van der Waals surface area contributed by atoms with Gasteiger partial charge in [0.25, 0.3) is 0 Å². The Labute approximate surface area is 70.1 Å². The lowest BCUT2D eigenvalue weighted by Crippen LogP contribution is -2.40. The Bertz CT molecular complexity index is 223. The number of rotatable bonds is 2. The first-order valence-corrected chi connectivity index (χ1v) is 3.68. The van der Waals surface area contributed by atoms with Crippen LogP contribution >= 0.6 is 0 Å². The Morgan fingerprint density at radius 1 is 1.75 bits per heavy atom. The van der Waals surface area contributed by atoms with Crippen LogP contribution in [0.1, 0.15) is 6.42 Å². The maximum atomic E-state index is 11.0. The molecule has 0 bridgehead atoms. The van der Waals surface area contributed by atoms with Crippen LogP contribution in [0.25, 0.3) is 0 Å². The van der Waals surface area contributed by atoms with Crippen LogP contribution < -0.4 is 0 Å². The van der Waals surface area contributed by atoms with Gasteiger partial charge in [-0.25, -0.2) is 4.48 Å². The highest BCUT2D eigenvalue weighted by molar-refractivity contribution is 5.69. The molecule has 12 heavy (non-hydrogen) atoms. The highest BCUT2D eigenvalue weighted by Crippen LogP contribution is 2.18. The first-order valence-electron chi connectivity index (χ1n) is 3.68. The number of cyclic esters (lactones) is 1. The predicted molar refractivity (Wildman–Crippen MR) is 39.5 cm³/mol. The van der Waals surface area contributed by atoms with Crippen molar-refractivity contribution in [3.63, 3.8) is 0 Å².